The molecular formula is C14H29NO. The van der Waals surface area contributed by atoms with Gasteiger partial charge >= 0.3 is 0 Å². The number of rotatable bonds is 4. The summed E-state index contributed by atoms with van der Waals surface area (Å²) >= 11 is 0. The van der Waals surface area contributed by atoms with Crippen LogP contribution in [0.1, 0.15) is 59.8 Å². The van der Waals surface area contributed by atoms with E-state index in [4.69, 9.17) is 0 Å². The molecule has 96 valence electrons. The Bertz CT molecular complexity index is 191. The Hall–Kier alpha value is -0.0800. The fraction of sp³-hybridized carbons (Fsp3) is 1.00. The lowest BCUT2D eigenvalue weighted by Crippen LogP contribution is -2.43. The highest BCUT2D eigenvalue weighted by molar-refractivity contribution is 4.80. The van der Waals surface area contributed by atoms with E-state index in [1.165, 1.54) is 32.1 Å². The first kappa shape index (κ1) is 14.0. The van der Waals surface area contributed by atoms with Crippen molar-refractivity contribution in [3.05, 3.63) is 0 Å². The van der Waals surface area contributed by atoms with Crippen molar-refractivity contribution in [1.29, 1.82) is 0 Å². The summed E-state index contributed by atoms with van der Waals surface area (Å²) in [5.41, 5.74) is 0.270. The fourth-order valence-corrected chi connectivity index (χ4v) is 2.29. The average molecular weight is 227 g/mol. The Morgan fingerprint density at radius 2 is 1.75 bits per heavy atom. The van der Waals surface area contributed by atoms with Gasteiger partial charge in [0.1, 0.15) is 0 Å². The molecule has 2 atom stereocenters. The van der Waals surface area contributed by atoms with E-state index in [2.05, 4.69) is 33.0 Å². The van der Waals surface area contributed by atoms with Crippen LogP contribution in [-0.2, 0) is 0 Å². The lowest BCUT2D eigenvalue weighted by Gasteiger charge is -2.32. The molecule has 0 saturated heterocycles. The van der Waals surface area contributed by atoms with Crippen molar-refractivity contribution in [2.24, 2.45) is 11.3 Å². The first-order valence-electron chi connectivity index (χ1n) is 6.82. The van der Waals surface area contributed by atoms with E-state index in [1.54, 1.807) is 0 Å². The third-order valence-electron chi connectivity index (χ3n) is 4.13. The maximum atomic E-state index is 10.1. The van der Waals surface area contributed by atoms with E-state index >= 15 is 0 Å². The molecule has 1 aliphatic rings. The van der Waals surface area contributed by atoms with E-state index in [-0.39, 0.29) is 11.5 Å². The lowest BCUT2D eigenvalue weighted by molar-refractivity contribution is 0.0772. The molecule has 0 aliphatic heterocycles. The summed E-state index contributed by atoms with van der Waals surface area (Å²) in [5.74, 6) is 0.536. The van der Waals surface area contributed by atoms with Crippen molar-refractivity contribution in [3.63, 3.8) is 0 Å². The normalized spacial score (nSPS) is 23.1. The number of aliphatic hydroxyl groups is 1. The van der Waals surface area contributed by atoms with Gasteiger partial charge in [0.05, 0.1) is 6.10 Å². The molecule has 2 N–H and O–H groups in total. The smallest absolute Gasteiger partial charge is 0.0692 e. The zero-order valence-electron chi connectivity index (χ0n) is 11.4. The minimum atomic E-state index is -0.148. The molecule has 0 amide bonds. The van der Waals surface area contributed by atoms with E-state index < -0.39 is 0 Å². The molecule has 1 aliphatic carbocycles. The van der Waals surface area contributed by atoms with E-state index in [0.29, 0.717) is 12.0 Å². The third kappa shape index (κ3) is 4.42. The summed E-state index contributed by atoms with van der Waals surface area (Å²) in [5, 5.41) is 13.6. The molecule has 16 heavy (non-hydrogen) atoms. The zero-order chi connectivity index (χ0) is 12.2. The van der Waals surface area contributed by atoms with Crippen molar-refractivity contribution < 1.29 is 5.11 Å². The lowest BCUT2D eigenvalue weighted by atomic mass is 9.84. The van der Waals surface area contributed by atoms with Crippen LogP contribution in [0.15, 0.2) is 0 Å². The highest BCUT2D eigenvalue weighted by atomic mass is 16.3. The van der Waals surface area contributed by atoms with Gasteiger partial charge in [-0.05, 0) is 31.1 Å². The van der Waals surface area contributed by atoms with Crippen molar-refractivity contribution in [2.45, 2.75) is 71.9 Å². The monoisotopic (exact) mass is 227 g/mol. The van der Waals surface area contributed by atoms with Crippen molar-refractivity contribution in [3.8, 4) is 0 Å². The highest BCUT2D eigenvalue weighted by Gasteiger charge is 2.24. The molecule has 1 rings (SSSR count). The Morgan fingerprint density at radius 1 is 1.19 bits per heavy atom. The van der Waals surface area contributed by atoms with Crippen LogP contribution in [-0.4, -0.2) is 23.8 Å². The Morgan fingerprint density at radius 3 is 2.25 bits per heavy atom. The third-order valence-corrected chi connectivity index (χ3v) is 4.13. The molecule has 2 nitrogen and oxygen atoms in total. The largest absolute Gasteiger partial charge is 0.392 e. The van der Waals surface area contributed by atoms with Crippen LogP contribution < -0.4 is 5.32 Å². The van der Waals surface area contributed by atoms with Gasteiger partial charge in [-0.15, -0.1) is 0 Å². The Kier molecular flexibility index (Phi) is 5.26. The maximum absolute atomic E-state index is 10.1. The van der Waals surface area contributed by atoms with Crippen molar-refractivity contribution >= 4 is 0 Å². The summed E-state index contributed by atoms with van der Waals surface area (Å²) in [6, 6.07) is 0.450. The van der Waals surface area contributed by atoms with Crippen LogP contribution in [0.25, 0.3) is 0 Å². The number of nitrogens with one attached hydrogen (secondary N) is 1. The van der Waals surface area contributed by atoms with Crippen molar-refractivity contribution in [2.75, 3.05) is 6.54 Å². The molecule has 0 bridgehead atoms. The summed E-state index contributed by atoms with van der Waals surface area (Å²) in [4.78, 5) is 0. The predicted molar refractivity (Wildman–Crippen MR) is 69.5 cm³/mol. The second-order valence-electron chi connectivity index (χ2n) is 6.46. The zero-order valence-corrected chi connectivity index (χ0v) is 11.4. The predicted octanol–water partition coefficient (Wildman–Crippen LogP) is 2.95. The topological polar surface area (TPSA) is 32.3 Å². The minimum absolute atomic E-state index is 0.148. The van der Waals surface area contributed by atoms with Crippen molar-refractivity contribution in [1.82, 2.24) is 5.32 Å². The number of hydrogen-bond acceptors (Lipinski definition) is 2. The van der Waals surface area contributed by atoms with Crippen LogP contribution in [0.5, 0.6) is 0 Å². The summed E-state index contributed by atoms with van der Waals surface area (Å²) in [6.07, 6.45) is 6.24. The first-order chi connectivity index (χ1) is 7.41. The fourth-order valence-electron chi connectivity index (χ4n) is 2.29. The molecule has 0 aromatic rings. The SMILES string of the molecule is CC(NCC(O)C1CCCCC1)C(C)(C)C. The quantitative estimate of drug-likeness (QED) is 0.774. The van der Waals surface area contributed by atoms with E-state index in [1.807, 2.05) is 0 Å². The molecule has 1 fully saturated rings. The first-order valence-corrected chi connectivity index (χ1v) is 6.82. The highest BCUT2D eigenvalue weighted by Crippen LogP contribution is 2.26. The molecule has 2 unspecified atom stereocenters. The van der Waals surface area contributed by atoms with Crippen LogP contribution >= 0.6 is 0 Å². The summed E-state index contributed by atoms with van der Waals surface area (Å²) in [6.45, 7) is 9.66. The summed E-state index contributed by atoms with van der Waals surface area (Å²) < 4.78 is 0. The van der Waals surface area contributed by atoms with Gasteiger partial charge in [0.25, 0.3) is 0 Å². The van der Waals surface area contributed by atoms with Gasteiger partial charge in [0, 0.05) is 12.6 Å². The summed E-state index contributed by atoms with van der Waals surface area (Å²) in [7, 11) is 0. The van der Waals surface area contributed by atoms with Crippen LogP contribution in [0.2, 0.25) is 0 Å². The van der Waals surface area contributed by atoms with Crippen LogP contribution in [0.3, 0.4) is 0 Å². The molecule has 0 aromatic carbocycles. The van der Waals surface area contributed by atoms with Gasteiger partial charge in [-0.1, -0.05) is 40.0 Å². The van der Waals surface area contributed by atoms with Gasteiger partial charge < -0.3 is 10.4 Å². The number of aliphatic hydroxyl groups excluding tert-OH is 1. The second-order valence-corrected chi connectivity index (χ2v) is 6.46. The molecule has 0 spiro atoms. The molecule has 0 aromatic heterocycles. The molecule has 1 saturated carbocycles. The Labute approximate surface area is 101 Å². The van der Waals surface area contributed by atoms with Gasteiger partial charge in [-0.3, -0.25) is 0 Å². The van der Waals surface area contributed by atoms with Gasteiger partial charge in [0.15, 0.2) is 0 Å². The molecule has 0 heterocycles. The van der Waals surface area contributed by atoms with Gasteiger partial charge in [-0.25, -0.2) is 0 Å². The molecule has 2 heteroatoms. The standard InChI is InChI=1S/C14H29NO/c1-11(14(2,3)4)15-10-13(16)12-8-6-5-7-9-12/h11-13,15-16H,5-10H2,1-4H3. The van der Waals surface area contributed by atoms with Crippen LogP contribution in [0.4, 0.5) is 0 Å². The van der Waals surface area contributed by atoms with Gasteiger partial charge in [-0.2, -0.15) is 0 Å². The minimum Gasteiger partial charge on any atom is -0.392 e. The van der Waals surface area contributed by atoms with E-state index in [0.717, 1.165) is 6.54 Å². The average Bonchev–Trinajstić information content (AvgIpc) is 2.25. The number of hydrogen-bond donors (Lipinski definition) is 2. The van der Waals surface area contributed by atoms with Gasteiger partial charge in [0.2, 0.25) is 0 Å². The van der Waals surface area contributed by atoms with E-state index in [9.17, 15) is 5.11 Å². The Balaban J connectivity index is 2.26. The molecule has 0 radical (unpaired) electrons. The second kappa shape index (κ2) is 6.02. The molecular weight excluding hydrogens is 198 g/mol. The van der Waals surface area contributed by atoms with Crippen LogP contribution in [0, 0.1) is 11.3 Å². The maximum Gasteiger partial charge on any atom is 0.0692 e.